The zero-order chi connectivity index (χ0) is 17.3. The van der Waals surface area contributed by atoms with Gasteiger partial charge in [0.2, 0.25) is 5.91 Å². The number of hydrogen-bond donors (Lipinski definition) is 1. The van der Waals surface area contributed by atoms with Crippen LogP contribution in [0.5, 0.6) is 0 Å². The fourth-order valence-corrected chi connectivity index (χ4v) is 3.15. The van der Waals surface area contributed by atoms with Gasteiger partial charge in [0.1, 0.15) is 0 Å². The van der Waals surface area contributed by atoms with Crippen LogP contribution in [0.3, 0.4) is 0 Å². The summed E-state index contributed by atoms with van der Waals surface area (Å²) in [6.07, 6.45) is 7.15. The van der Waals surface area contributed by atoms with E-state index in [9.17, 15) is 4.79 Å². The molecule has 2 heterocycles. The lowest BCUT2D eigenvalue weighted by Crippen LogP contribution is -2.38. The van der Waals surface area contributed by atoms with Crippen LogP contribution in [-0.2, 0) is 11.2 Å². The number of amides is 1. The summed E-state index contributed by atoms with van der Waals surface area (Å²) in [5.74, 6) is 0.725. The molecule has 3 rings (SSSR count). The van der Waals surface area contributed by atoms with E-state index in [0.29, 0.717) is 5.82 Å². The second-order valence-corrected chi connectivity index (χ2v) is 7.60. The van der Waals surface area contributed by atoms with Crippen molar-refractivity contribution in [3.63, 3.8) is 0 Å². The molecule has 0 radical (unpaired) electrons. The maximum absolute atomic E-state index is 12.2. The average molecular weight is 324 g/mol. The van der Waals surface area contributed by atoms with Crippen molar-refractivity contribution in [3.05, 3.63) is 42.0 Å². The van der Waals surface area contributed by atoms with Crippen LogP contribution in [0.2, 0.25) is 0 Å². The van der Waals surface area contributed by atoms with E-state index < -0.39 is 0 Å². The van der Waals surface area contributed by atoms with Gasteiger partial charge in [0.05, 0.1) is 11.7 Å². The Morgan fingerprint density at radius 2 is 2.12 bits per heavy atom. The lowest BCUT2D eigenvalue weighted by molar-refractivity contribution is -0.125. The zero-order valence-corrected chi connectivity index (χ0v) is 14.7. The first-order valence-corrected chi connectivity index (χ1v) is 8.42. The SMILES string of the molecule is CC(C)C(=O)NC1CC(C)(C)Cc2nc(-c3cccnc3)ncc21. The van der Waals surface area contributed by atoms with Gasteiger partial charge in [0.15, 0.2) is 5.82 Å². The third-order valence-corrected chi connectivity index (χ3v) is 4.44. The highest BCUT2D eigenvalue weighted by molar-refractivity contribution is 5.78. The molecule has 1 unspecified atom stereocenters. The van der Waals surface area contributed by atoms with Crippen molar-refractivity contribution in [1.82, 2.24) is 20.3 Å². The predicted octanol–water partition coefficient (Wildman–Crippen LogP) is 3.32. The minimum Gasteiger partial charge on any atom is -0.349 e. The Hall–Kier alpha value is -2.30. The van der Waals surface area contributed by atoms with Gasteiger partial charge in [-0.15, -0.1) is 0 Å². The molecule has 0 fully saturated rings. The lowest BCUT2D eigenvalue weighted by atomic mass is 9.74. The number of fused-ring (bicyclic) bond motifs is 1. The molecule has 0 bridgehead atoms. The molecule has 0 spiro atoms. The molecule has 5 nitrogen and oxygen atoms in total. The van der Waals surface area contributed by atoms with Gasteiger partial charge in [-0.3, -0.25) is 9.78 Å². The van der Waals surface area contributed by atoms with Crippen molar-refractivity contribution in [2.75, 3.05) is 0 Å². The van der Waals surface area contributed by atoms with Gasteiger partial charge in [0, 0.05) is 35.6 Å². The van der Waals surface area contributed by atoms with Crippen LogP contribution in [0, 0.1) is 11.3 Å². The number of carbonyl (C=O) groups excluding carboxylic acids is 1. The first-order chi connectivity index (χ1) is 11.4. The maximum Gasteiger partial charge on any atom is 0.223 e. The van der Waals surface area contributed by atoms with E-state index in [-0.39, 0.29) is 23.3 Å². The summed E-state index contributed by atoms with van der Waals surface area (Å²) >= 11 is 0. The van der Waals surface area contributed by atoms with Crippen LogP contribution in [0.1, 0.15) is 51.4 Å². The summed E-state index contributed by atoms with van der Waals surface area (Å²) in [5, 5.41) is 3.16. The summed E-state index contributed by atoms with van der Waals surface area (Å²) in [6, 6.07) is 3.82. The molecule has 1 atom stereocenters. The first kappa shape index (κ1) is 16.6. The third-order valence-electron chi connectivity index (χ3n) is 4.44. The normalized spacial score (nSPS) is 19.0. The topological polar surface area (TPSA) is 67.8 Å². The molecule has 24 heavy (non-hydrogen) atoms. The Morgan fingerprint density at radius 1 is 1.33 bits per heavy atom. The largest absolute Gasteiger partial charge is 0.349 e. The summed E-state index contributed by atoms with van der Waals surface area (Å²) in [6.45, 7) is 8.26. The summed E-state index contributed by atoms with van der Waals surface area (Å²) < 4.78 is 0. The fraction of sp³-hybridized carbons (Fsp3) is 0.474. The van der Waals surface area contributed by atoms with Gasteiger partial charge >= 0.3 is 0 Å². The zero-order valence-electron chi connectivity index (χ0n) is 14.7. The van der Waals surface area contributed by atoms with Gasteiger partial charge in [-0.05, 0) is 30.4 Å². The van der Waals surface area contributed by atoms with Crippen molar-refractivity contribution in [1.29, 1.82) is 0 Å². The van der Waals surface area contributed by atoms with Crippen molar-refractivity contribution in [3.8, 4) is 11.4 Å². The van der Waals surface area contributed by atoms with E-state index >= 15 is 0 Å². The van der Waals surface area contributed by atoms with Crippen LogP contribution in [0.15, 0.2) is 30.7 Å². The molecule has 5 heteroatoms. The van der Waals surface area contributed by atoms with Crippen LogP contribution in [-0.4, -0.2) is 20.9 Å². The first-order valence-electron chi connectivity index (χ1n) is 8.42. The number of nitrogens with zero attached hydrogens (tertiary/aromatic N) is 3. The molecule has 1 aliphatic carbocycles. The molecule has 1 amide bonds. The lowest BCUT2D eigenvalue weighted by Gasteiger charge is -2.36. The van der Waals surface area contributed by atoms with Crippen molar-refractivity contribution < 1.29 is 4.79 Å². The maximum atomic E-state index is 12.2. The van der Waals surface area contributed by atoms with E-state index in [0.717, 1.165) is 29.7 Å². The average Bonchev–Trinajstić information content (AvgIpc) is 2.54. The number of pyridine rings is 1. The van der Waals surface area contributed by atoms with Crippen LogP contribution >= 0.6 is 0 Å². The molecule has 0 aliphatic heterocycles. The van der Waals surface area contributed by atoms with Crippen LogP contribution < -0.4 is 5.32 Å². The van der Waals surface area contributed by atoms with Gasteiger partial charge in [-0.2, -0.15) is 0 Å². The molecule has 1 N–H and O–H groups in total. The Balaban J connectivity index is 1.97. The number of rotatable bonds is 3. The van der Waals surface area contributed by atoms with Crippen molar-refractivity contribution in [2.24, 2.45) is 11.3 Å². The smallest absolute Gasteiger partial charge is 0.223 e. The van der Waals surface area contributed by atoms with E-state index in [1.807, 2.05) is 32.2 Å². The molecule has 2 aromatic rings. The second kappa shape index (κ2) is 6.30. The van der Waals surface area contributed by atoms with Crippen LogP contribution in [0.4, 0.5) is 0 Å². The summed E-state index contributed by atoms with van der Waals surface area (Å²) in [7, 11) is 0. The van der Waals surface area contributed by atoms with Gasteiger partial charge in [-0.25, -0.2) is 9.97 Å². The molecule has 0 saturated carbocycles. The number of nitrogens with one attached hydrogen (secondary N) is 1. The Bertz CT molecular complexity index is 740. The quantitative estimate of drug-likeness (QED) is 0.940. The molecule has 126 valence electrons. The standard InChI is InChI=1S/C19H24N4O/c1-12(2)18(24)23-16-9-19(3,4)8-15-14(16)11-21-17(22-15)13-6-5-7-20-10-13/h5-7,10-12,16H,8-9H2,1-4H3,(H,23,24). The highest BCUT2D eigenvalue weighted by Gasteiger charge is 2.34. The van der Waals surface area contributed by atoms with Crippen LogP contribution in [0.25, 0.3) is 11.4 Å². The molecule has 0 saturated heterocycles. The Labute approximate surface area is 143 Å². The number of hydrogen-bond acceptors (Lipinski definition) is 4. The summed E-state index contributed by atoms with van der Waals surface area (Å²) in [4.78, 5) is 25.6. The number of carbonyl (C=O) groups is 1. The molecule has 0 aromatic carbocycles. The van der Waals surface area contributed by atoms with E-state index in [4.69, 9.17) is 4.98 Å². The third kappa shape index (κ3) is 3.45. The van der Waals surface area contributed by atoms with Gasteiger partial charge in [0.25, 0.3) is 0 Å². The molecular weight excluding hydrogens is 300 g/mol. The van der Waals surface area contributed by atoms with E-state index in [1.54, 1.807) is 12.4 Å². The summed E-state index contributed by atoms with van der Waals surface area (Å²) in [5.41, 5.74) is 3.05. The predicted molar refractivity (Wildman–Crippen MR) is 93.1 cm³/mol. The van der Waals surface area contributed by atoms with Gasteiger partial charge in [-0.1, -0.05) is 27.7 Å². The minimum atomic E-state index is -0.0333. The second-order valence-electron chi connectivity index (χ2n) is 7.60. The fourth-order valence-electron chi connectivity index (χ4n) is 3.15. The minimum absolute atomic E-state index is 0.0263. The monoisotopic (exact) mass is 324 g/mol. The highest BCUT2D eigenvalue weighted by atomic mass is 16.1. The molecular formula is C19H24N4O. The molecule has 2 aromatic heterocycles. The van der Waals surface area contributed by atoms with Gasteiger partial charge < -0.3 is 5.32 Å². The Kier molecular flexibility index (Phi) is 4.35. The van der Waals surface area contributed by atoms with E-state index in [2.05, 4.69) is 29.1 Å². The van der Waals surface area contributed by atoms with E-state index in [1.165, 1.54) is 0 Å². The Morgan fingerprint density at radius 3 is 2.79 bits per heavy atom. The molecule has 1 aliphatic rings. The number of aromatic nitrogens is 3. The van der Waals surface area contributed by atoms with Crippen molar-refractivity contribution >= 4 is 5.91 Å². The highest BCUT2D eigenvalue weighted by Crippen LogP contribution is 2.40. The van der Waals surface area contributed by atoms with Crippen molar-refractivity contribution in [2.45, 2.75) is 46.6 Å².